The van der Waals surface area contributed by atoms with Gasteiger partial charge in [-0.15, -0.1) is 0 Å². The Bertz CT molecular complexity index is 463. The van der Waals surface area contributed by atoms with Gasteiger partial charge >= 0.3 is 0 Å². The van der Waals surface area contributed by atoms with E-state index in [-0.39, 0.29) is 12.6 Å². The fourth-order valence-electron chi connectivity index (χ4n) is 1.62. The van der Waals surface area contributed by atoms with Crippen LogP contribution in [0.25, 0.3) is 10.9 Å². The van der Waals surface area contributed by atoms with Crippen molar-refractivity contribution >= 4 is 16.6 Å². The summed E-state index contributed by atoms with van der Waals surface area (Å²) < 4.78 is 0. The van der Waals surface area contributed by atoms with E-state index in [0.717, 1.165) is 23.0 Å². The Morgan fingerprint density at radius 1 is 1.38 bits per heavy atom. The number of aliphatic hydroxyl groups is 1. The molecule has 2 aromatic rings. The maximum Gasteiger partial charge on any atom is 0.0950 e. The molecule has 2 rings (SSSR count). The Labute approximate surface area is 94.3 Å². The zero-order valence-electron chi connectivity index (χ0n) is 9.22. The highest BCUT2D eigenvalue weighted by atomic mass is 16.3. The van der Waals surface area contributed by atoms with E-state index in [9.17, 15) is 0 Å². The van der Waals surface area contributed by atoms with Gasteiger partial charge in [-0.1, -0.05) is 25.1 Å². The van der Waals surface area contributed by atoms with E-state index in [4.69, 9.17) is 5.11 Å². The largest absolute Gasteiger partial charge is 0.394 e. The molecule has 0 radical (unpaired) electrons. The quantitative estimate of drug-likeness (QED) is 0.820. The van der Waals surface area contributed by atoms with Crippen LogP contribution in [0.1, 0.15) is 13.3 Å². The van der Waals surface area contributed by atoms with E-state index >= 15 is 0 Å². The molecule has 1 aromatic heterocycles. The van der Waals surface area contributed by atoms with E-state index in [1.54, 1.807) is 6.20 Å². The normalized spacial score (nSPS) is 12.6. The predicted molar refractivity (Wildman–Crippen MR) is 64.3 cm³/mol. The Hall–Kier alpha value is -1.68. The highest BCUT2D eigenvalue weighted by Crippen LogP contribution is 2.20. The monoisotopic (exact) mass is 217 g/mol. The molecule has 0 bridgehead atoms. The Morgan fingerprint density at radius 2 is 2.19 bits per heavy atom. The van der Waals surface area contributed by atoms with Crippen LogP contribution in [-0.2, 0) is 0 Å². The van der Waals surface area contributed by atoms with Crippen LogP contribution in [0.5, 0.6) is 0 Å². The summed E-state index contributed by atoms with van der Waals surface area (Å²) in [4.78, 5) is 0. The van der Waals surface area contributed by atoms with Crippen LogP contribution in [0.15, 0.2) is 30.5 Å². The van der Waals surface area contributed by atoms with Crippen molar-refractivity contribution < 1.29 is 5.11 Å². The molecular weight excluding hydrogens is 202 g/mol. The predicted octanol–water partition coefficient (Wildman–Crippen LogP) is 1.81. The van der Waals surface area contributed by atoms with Gasteiger partial charge in [0.1, 0.15) is 0 Å². The summed E-state index contributed by atoms with van der Waals surface area (Å²) in [6.45, 7) is 2.15. The average molecular weight is 217 g/mol. The van der Waals surface area contributed by atoms with Gasteiger partial charge in [0.15, 0.2) is 0 Å². The lowest BCUT2D eigenvalue weighted by atomic mass is 10.2. The van der Waals surface area contributed by atoms with Crippen molar-refractivity contribution in [2.45, 2.75) is 19.4 Å². The standard InChI is InChI=1S/C12H15N3O/c1-2-9(8-16)14-12-7-13-15-11-6-4-3-5-10(11)12/h3-7,9,16H,2,8H2,1H3,(H,14,15). The Balaban J connectivity index is 2.36. The van der Waals surface area contributed by atoms with Gasteiger partial charge in [-0.25, -0.2) is 0 Å². The second-order valence-corrected chi connectivity index (χ2v) is 3.71. The second kappa shape index (κ2) is 4.90. The molecule has 1 atom stereocenters. The molecule has 0 aliphatic heterocycles. The third-order valence-electron chi connectivity index (χ3n) is 2.62. The number of nitrogens with one attached hydrogen (secondary N) is 1. The number of nitrogens with zero attached hydrogens (tertiary/aromatic N) is 2. The number of fused-ring (bicyclic) bond motifs is 1. The molecule has 1 unspecified atom stereocenters. The van der Waals surface area contributed by atoms with Crippen molar-refractivity contribution in [1.29, 1.82) is 0 Å². The molecule has 84 valence electrons. The van der Waals surface area contributed by atoms with Crippen LogP contribution in [0.2, 0.25) is 0 Å². The maximum atomic E-state index is 9.16. The van der Waals surface area contributed by atoms with Gasteiger partial charge in [0.05, 0.1) is 24.0 Å². The molecule has 0 aliphatic rings. The van der Waals surface area contributed by atoms with Gasteiger partial charge in [0, 0.05) is 11.4 Å². The lowest BCUT2D eigenvalue weighted by Crippen LogP contribution is -2.22. The molecule has 0 fully saturated rings. The topological polar surface area (TPSA) is 58.0 Å². The molecule has 0 aliphatic carbocycles. The first kappa shape index (κ1) is 10.8. The lowest BCUT2D eigenvalue weighted by molar-refractivity contribution is 0.272. The minimum Gasteiger partial charge on any atom is -0.394 e. The molecule has 1 aromatic carbocycles. The number of aromatic nitrogens is 2. The maximum absolute atomic E-state index is 9.16. The summed E-state index contributed by atoms with van der Waals surface area (Å²) in [7, 11) is 0. The highest BCUT2D eigenvalue weighted by molar-refractivity contribution is 5.90. The van der Waals surface area contributed by atoms with Crippen LogP contribution >= 0.6 is 0 Å². The number of anilines is 1. The summed E-state index contributed by atoms with van der Waals surface area (Å²) >= 11 is 0. The smallest absolute Gasteiger partial charge is 0.0950 e. The van der Waals surface area contributed by atoms with E-state index in [1.807, 2.05) is 31.2 Å². The molecular formula is C12H15N3O. The van der Waals surface area contributed by atoms with E-state index in [2.05, 4.69) is 15.5 Å². The summed E-state index contributed by atoms with van der Waals surface area (Å²) in [5.41, 5.74) is 1.78. The molecule has 0 amide bonds. The number of aliphatic hydroxyl groups excluding tert-OH is 1. The zero-order chi connectivity index (χ0) is 11.4. The third kappa shape index (κ3) is 2.12. The van der Waals surface area contributed by atoms with Crippen molar-refractivity contribution in [3.05, 3.63) is 30.5 Å². The number of benzene rings is 1. The summed E-state index contributed by atoms with van der Waals surface area (Å²) in [6.07, 6.45) is 2.56. The molecule has 0 saturated heterocycles. The first-order chi connectivity index (χ1) is 7.85. The molecule has 16 heavy (non-hydrogen) atoms. The summed E-state index contributed by atoms with van der Waals surface area (Å²) in [5.74, 6) is 0. The Morgan fingerprint density at radius 3 is 2.94 bits per heavy atom. The molecule has 4 nitrogen and oxygen atoms in total. The van der Waals surface area contributed by atoms with Crippen LogP contribution in [-0.4, -0.2) is 28.0 Å². The highest BCUT2D eigenvalue weighted by Gasteiger charge is 2.07. The molecule has 0 spiro atoms. The number of hydrogen-bond acceptors (Lipinski definition) is 4. The number of rotatable bonds is 4. The van der Waals surface area contributed by atoms with Crippen molar-refractivity contribution in [2.75, 3.05) is 11.9 Å². The molecule has 2 N–H and O–H groups in total. The van der Waals surface area contributed by atoms with Crippen LogP contribution in [0.3, 0.4) is 0 Å². The SMILES string of the molecule is CCC(CO)Nc1cnnc2ccccc12. The van der Waals surface area contributed by atoms with Gasteiger partial charge in [-0.2, -0.15) is 10.2 Å². The Kier molecular flexibility index (Phi) is 3.31. The van der Waals surface area contributed by atoms with Crippen LogP contribution in [0, 0.1) is 0 Å². The fourth-order valence-corrected chi connectivity index (χ4v) is 1.62. The van der Waals surface area contributed by atoms with Crippen molar-refractivity contribution in [1.82, 2.24) is 10.2 Å². The number of hydrogen-bond donors (Lipinski definition) is 2. The van der Waals surface area contributed by atoms with E-state index in [0.29, 0.717) is 0 Å². The minimum absolute atomic E-state index is 0.0626. The van der Waals surface area contributed by atoms with Crippen molar-refractivity contribution in [2.24, 2.45) is 0 Å². The van der Waals surface area contributed by atoms with Crippen LogP contribution < -0.4 is 5.32 Å². The third-order valence-corrected chi connectivity index (χ3v) is 2.62. The van der Waals surface area contributed by atoms with Crippen molar-refractivity contribution in [3.63, 3.8) is 0 Å². The summed E-state index contributed by atoms with van der Waals surface area (Å²) in [6, 6.07) is 7.89. The average Bonchev–Trinajstić information content (AvgIpc) is 2.36. The molecule has 1 heterocycles. The van der Waals surface area contributed by atoms with E-state index in [1.165, 1.54) is 0 Å². The van der Waals surface area contributed by atoms with Gasteiger partial charge in [-0.3, -0.25) is 0 Å². The minimum atomic E-state index is 0.0626. The first-order valence-electron chi connectivity index (χ1n) is 5.43. The van der Waals surface area contributed by atoms with Gasteiger partial charge in [0.2, 0.25) is 0 Å². The van der Waals surface area contributed by atoms with Gasteiger partial charge in [0.25, 0.3) is 0 Å². The van der Waals surface area contributed by atoms with Crippen LogP contribution in [0.4, 0.5) is 5.69 Å². The zero-order valence-corrected chi connectivity index (χ0v) is 9.22. The van der Waals surface area contributed by atoms with Crippen molar-refractivity contribution in [3.8, 4) is 0 Å². The summed E-state index contributed by atoms with van der Waals surface area (Å²) in [5, 5.41) is 21.5. The molecule has 4 heteroatoms. The fraction of sp³-hybridized carbons (Fsp3) is 0.333. The molecule has 0 saturated carbocycles. The van der Waals surface area contributed by atoms with Gasteiger partial charge in [-0.05, 0) is 12.5 Å². The lowest BCUT2D eigenvalue weighted by Gasteiger charge is -2.16. The first-order valence-corrected chi connectivity index (χ1v) is 5.43. The second-order valence-electron chi connectivity index (χ2n) is 3.71. The van der Waals surface area contributed by atoms with Gasteiger partial charge < -0.3 is 10.4 Å². The van der Waals surface area contributed by atoms with E-state index < -0.39 is 0 Å².